The molecule has 21 heavy (non-hydrogen) atoms. The molecule has 1 atom stereocenters. The quantitative estimate of drug-likeness (QED) is 0.835. The second-order valence-corrected chi connectivity index (χ2v) is 7.46. The first-order chi connectivity index (χ1) is 10.1. The molecule has 4 aliphatic rings. The van der Waals surface area contributed by atoms with Crippen LogP contribution in [-0.4, -0.2) is 58.0 Å². The van der Waals surface area contributed by atoms with Crippen LogP contribution in [0.15, 0.2) is 0 Å². The Morgan fingerprint density at radius 1 is 1.14 bits per heavy atom. The Morgan fingerprint density at radius 3 is 2.43 bits per heavy atom. The number of amides is 2. The molecule has 0 radical (unpaired) electrons. The number of nitrogens with zero attached hydrogens (tertiary/aromatic N) is 2. The van der Waals surface area contributed by atoms with Gasteiger partial charge in [0.15, 0.2) is 0 Å². The van der Waals surface area contributed by atoms with Crippen LogP contribution in [-0.2, 0) is 9.59 Å². The standard InChI is InChI=1S/C16H24N2O3/c19-14-7-11(8-18(14)13-3-1-2-4-13)15(20)17-9-16(21,10-17)12-5-6-12/h11-13,21H,1-10H2. The van der Waals surface area contributed by atoms with Crippen LogP contribution >= 0.6 is 0 Å². The number of hydrogen-bond acceptors (Lipinski definition) is 3. The third-order valence-electron chi connectivity index (χ3n) is 5.85. The summed E-state index contributed by atoms with van der Waals surface area (Å²) in [6.45, 7) is 1.55. The molecule has 2 heterocycles. The van der Waals surface area contributed by atoms with Crippen LogP contribution in [0.1, 0.15) is 44.9 Å². The highest BCUT2D eigenvalue weighted by atomic mass is 16.3. The molecule has 1 unspecified atom stereocenters. The van der Waals surface area contributed by atoms with Crippen molar-refractivity contribution in [1.82, 2.24) is 9.80 Å². The van der Waals surface area contributed by atoms with E-state index in [2.05, 4.69) is 0 Å². The molecule has 2 saturated carbocycles. The molecular formula is C16H24N2O3. The van der Waals surface area contributed by atoms with Crippen molar-refractivity contribution in [2.75, 3.05) is 19.6 Å². The lowest BCUT2D eigenvalue weighted by Crippen LogP contribution is -2.65. The zero-order chi connectivity index (χ0) is 14.6. The second-order valence-electron chi connectivity index (χ2n) is 7.46. The normalized spacial score (nSPS) is 32.6. The van der Waals surface area contributed by atoms with Crippen LogP contribution in [0.25, 0.3) is 0 Å². The summed E-state index contributed by atoms with van der Waals surface area (Å²) in [6.07, 6.45) is 7.15. The summed E-state index contributed by atoms with van der Waals surface area (Å²) >= 11 is 0. The fraction of sp³-hybridized carbons (Fsp3) is 0.875. The van der Waals surface area contributed by atoms with Crippen molar-refractivity contribution in [3.63, 3.8) is 0 Å². The zero-order valence-corrected chi connectivity index (χ0v) is 12.5. The SMILES string of the molecule is O=C(C1CC(=O)N(C2CCCC2)C1)N1CC(O)(C2CC2)C1. The largest absolute Gasteiger partial charge is 0.386 e. The van der Waals surface area contributed by atoms with Crippen LogP contribution in [0.2, 0.25) is 0 Å². The Labute approximate surface area is 125 Å². The Balaban J connectivity index is 1.34. The molecule has 2 amide bonds. The van der Waals surface area contributed by atoms with Crippen molar-refractivity contribution >= 4 is 11.8 Å². The topological polar surface area (TPSA) is 60.9 Å². The number of carbonyl (C=O) groups excluding carboxylic acids is 2. The highest BCUT2D eigenvalue weighted by Gasteiger charge is 2.54. The molecule has 1 N–H and O–H groups in total. The summed E-state index contributed by atoms with van der Waals surface area (Å²) in [7, 11) is 0. The molecular weight excluding hydrogens is 268 g/mol. The summed E-state index contributed by atoms with van der Waals surface area (Å²) in [5.74, 6) is 0.455. The molecule has 116 valence electrons. The maximum absolute atomic E-state index is 12.5. The number of carbonyl (C=O) groups is 2. The average Bonchev–Trinajstić information content (AvgIpc) is 3.01. The number of β-amino-alcohol motifs (C(OH)–C–C–N with tert-alkyl or cyclic N) is 1. The van der Waals surface area contributed by atoms with Crippen LogP contribution < -0.4 is 0 Å². The van der Waals surface area contributed by atoms with Gasteiger partial charge in [-0.25, -0.2) is 0 Å². The average molecular weight is 292 g/mol. The molecule has 0 bridgehead atoms. The maximum Gasteiger partial charge on any atom is 0.228 e. The van der Waals surface area contributed by atoms with E-state index in [1.165, 1.54) is 12.8 Å². The first-order valence-electron chi connectivity index (χ1n) is 8.37. The van der Waals surface area contributed by atoms with Gasteiger partial charge < -0.3 is 14.9 Å². The van der Waals surface area contributed by atoms with Crippen molar-refractivity contribution < 1.29 is 14.7 Å². The minimum Gasteiger partial charge on any atom is -0.386 e. The number of aliphatic hydroxyl groups is 1. The molecule has 0 spiro atoms. The van der Waals surface area contributed by atoms with Gasteiger partial charge in [-0.2, -0.15) is 0 Å². The van der Waals surface area contributed by atoms with Crippen molar-refractivity contribution in [1.29, 1.82) is 0 Å². The molecule has 0 aromatic rings. The first-order valence-corrected chi connectivity index (χ1v) is 8.37. The highest BCUT2D eigenvalue weighted by molar-refractivity contribution is 5.90. The number of rotatable bonds is 3. The molecule has 0 aromatic carbocycles. The molecule has 4 rings (SSSR count). The Hall–Kier alpha value is -1.10. The minimum absolute atomic E-state index is 0.0779. The van der Waals surface area contributed by atoms with Gasteiger partial charge in [0.05, 0.1) is 19.0 Å². The fourth-order valence-corrected chi connectivity index (χ4v) is 4.37. The maximum atomic E-state index is 12.5. The van der Waals surface area contributed by atoms with E-state index in [-0.39, 0.29) is 17.7 Å². The molecule has 5 nitrogen and oxygen atoms in total. The number of hydrogen-bond donors (Lipinski definition) is 1. The summed E-state index contributed by atoms with van der Waals surface area (Å²) in [5, 5.41) is 10.3. The number of likely N-dealkylation sites (tertiary alicyclic amines) is 2. The second kappa shape index (κ2) is 4.70. The van der Waals surface area contributed by atoms with Crippen LogP contribution in [0.4, 0.5) is 0 Å². The van der Waals surface area contributed by atoms with Gasteiger partial charge in [-0.1, -0.05) is 12.8 Å². The van der Waals surface area contributed by atoms with E-state index in [4.69, 9.17) is 0 Å². The minimum atomic E-state index is -0.622. The van der Waals surface area contributed by atoms with Crippen molar-refractivity contribution in [3.05, 3.63) is 0 Å². The monoisotopic (exact) mass is 292 g/mol. The van der Waals surface area contributed by atoms with Gasteiger partial charge in [-0.15, -0.1) is 0 Å². The van der Waals surface area contributed by atoms with Gasteiger partial charge in [-0.05, 0) is 31.6 Å². The van der Waals surface area contributed by atoms with Crippen LogP contribution in [0, 0.1) is 11.8 Å². The van der Waals surface area contributed by atoms with E-state index < -0.39 is 5.60 Å². The summed E-state index contributed by atoms with van der Waals surface area (Å²) < 4.78 is 0. The van der Waals surface area contributed by atoms with Gasteiger partial charge in [-0.3, -0.25) is 9.59 Å². The smallest absolute Gasteiger partial charge is 0.228 e. The van der Waals surface area contributed by atoms with E-state index in [0.29, 0.717) is 38.0 Å². The Bertz CT molecular complexity index is 462. The third kappa shape index (κ3) is 2.26. The lowest BCUT2D eigenvalue weighted by atomic mass is 9.87. The molecule has 2 saturated heterocycles. The first kappa shape index (κ1) is 13.6. The van der Waals surface area contributed by atoms with E-state index in [1.807, 2.05) is 4.90 Å². The molecule has 5 heteroatoms. The Morgan fingerprint density at radius 2 is 1.81 bits per heavy atom. The summed E-state index contributed by atoms with van der Waals surface area (Å²) in [5.41, 5.74) is -0.622. The molecule has 0 aromatic heterocycles. The zero-order valence-electron chi connectivity index (χ0n) is 12.5. The summed E-state index contributed by atoms with van der Waals surface area (Å²) in [6, 6.07) is 0.370. The molecule has 2 aliphatic heterocycles. The van der Waals surface area contributed by atoms with E-state index >= 15 is 0 Å². The van der Waals surface area contributed by atoms with Crippen molar-refractivity contribution in [3.8, 4) is 0 Å². The van der Waals surface area contributed by atoms with E-state index in [9.17, 15) is 14.7 Å². The Kier molecular flexibility index (Phi) is 3.03. The predicted molar refractivity (Wildman–Crippen MR) is 76.3 cm³/mol. The van der Waals surface area contributed by atoms with Crippen molar-refractivity contribution in [2.45, 2.75) is 56.6 Å². The van der Waals surface area contributed by atoms with Crippen molar-refractivity contribution in [2.24, 2.45) is 11.8 Å². The highest BCUT2D eigenvalue weighted by Crippen LogP contribution is 2.45. The van der Waals surface area contributed by atoms with Gasteiger partial charge >= 0.3 is 0 Å². The van der Waals surface area contributed by atoms with Gasteiger partial charge in [0.25, 0.3) is 0 Å². The molecule has 4 fully saturated rings. The van der Waals surface area contributed by atoms with E-state index in [0.717, 1.165) is 25.7 Å². The summed E-state index contributed by atoms with van der Waals surface area (Å²) in [4.78, 5) is 28.4. The third-order valence-corrected chi connectivity index (χ3v) is 5.85. The lowest BCUT2D eigenvalue weighted by Gasteiger charge is -2.47. The molecule has 2 aliphatic carbocycles. The predicted octanol–water partition coefficient (Wildman–Crippen LogP) is 0.761. The van der Waals surface area contributed by atoms with E-state index in [1.54, 1.807) is 4.90 Å². The lowest BCUT2D eigenvalue weighted by molar-refractivity contribution is -0.163. The fourth-order valence-electron chi connectivity index (χ4n) is 4.37. The van der Waals surface area contributed by atoms with Crippen LogP contribution in [0.3, 0.4) is 0 Å². The van der Waals surface area contributed by atoms with Gasteiger partial charge in [0.2, 0.25) is 11.8 Å². The van der Waals surface area contributed by atoms with Crippen LogP contribution in [0.5, 0.6) is 0 Å². The van der Waals surface area contributed by atoms with Gasteiger partial charge in [0, 0.05) is 19.0 Å². The van der Waals surface area contributed by atoms with Gasteiger partial charge in [0.1, 0.15) is 5.60 Å².